The lowest BCUT2D eigenvalue weighted by Gasteiger charge is -2.20. The van der Waals surface area contributed by atoms with E-state index in [4.69, 9.17) is 11.6 Å². The second kappa shape index (κ2) is 5.60. The average Bonchev–Trinajstić information content (AvgIpc) is 2.38. The van der Waals surface area contributed by atoms with Gasteiger partial charge < -0.3 is 5.32 Å². The van der Waals surface area contributed by atoms with E-state index in [0.29, 0.717) is 27.9 Å². The van der Waals surface area contributed by atoms with Crippen LogP contribution in [-0.4, -0.2) is 17.0 Å². The average molecular weight is 308 g/mol. The van der Waals surface area contributed by atoms with Gasteiger partial charge in [-0.15, -0.1) is 0 Å². The first-order valence-corrected chi connectivity index (χ1v) is 7.14. The molecule has 1 heterocycles. The molecule has 0 unspecified atom stereocenters. The molecule has 112 valence electrons. The van der Waals surface area contributed by atoms with Crippen molar-refractivity contribution >= 4 is 17.4 Å². The minimum atomic E-state index is -0.383. The maximum Gasteiger partial charge on any atom is 0.136 e. The Morgan fingerprint density at radius 2 is 1.86 bits per heavy atom. The molecule has 21 heavy (non-hydrogen) atoms. The lowest BCUT2D eigenvalue weighted by atomic mass is 9.94. The third-order valence-electron chi connectivity index (χ3n) is 3.24. The highest BCUT2D eigenvalue weighted by molar-refractivity contribution is 6.30. The van der Waals surface area contributed by atoms with Gasteiger partial charge >= 0.3 is 0 Å². The first-order valence-electron chi connectivity index (χ1n) is 6.76. The molecule has 0 fully saturated rings. The zero-order valence-corrected chi connectivity index (χ0v) is 13.6. The van der Waals surface area contributed by atoms with Crippen LogP contribution in [0.5, 0.6) is 0 Å². The molecular formula is C16H19ClFN3. The topological polar surface area (TPSA) is 37.8 Å². The fourth-order valence-electron chi connectivity index (χ4n) is 2.04. The largest absolute Gasteiger partial charge is 0.373 e. The SMILES string of the molecule is CNc1nc(C(C)(C)C)nc(-c2ccc(Cl)cc2F)c1C. The molecule has 0 aliphatic heterocycles. The van der Waals surface area contributed by atoms with E-state index in [1.54, 1.807) is 19.2 Å². The summed E-state index contributed by atoms with van der Waals surface area (Å²) in [5.74, 6) is 0.993. The molecule has 0 spiro atoms. The summed E-state index contributed by atoms with van der Waals surface area (Å²) < 4.78 is 14.2. The van der Waals surface area contributed by atoms with Crippen LogP contribution in [0.4, 0.5) is 10.2 Å². The van der Waals surface area contributed by atoms with Crippen LogP contribution in [0.25, 0.3) is 11.3 Å². The van der Waals surface area contributed by atoms with Crippen LogP contribution in [0.1, 0.15) is 32.2 Å². The number of halogens is 2. The van der Waals surface area contributed by atoms with Gasteiger partial charge in [-0.3, -0.25) is 0 Å². The van der Waals surface area contributed by atoms with E-state index in [1.165, 1.54) is 6.07 Å². The molecule has 0 radical (unpaired) electrons. The number of rotatable bonds is 2. The summed E-state index contributed by atoms with van der Waals surface area (Å²) in [6.07, 6.45) is 0. The molecule has 5 heteroatoms. The van der Waals surface area contributed by atoms with E-state index in [-0.39, 0.29) is 11.2 Å². The van der Waals surface area contributed by atoms with Gasteiger partial charge in [-0.05, 0) is 25.1 Å². The Bertz CT molecular complexity index is 678. The molecule has 0 amide bonds. The molecule has 0 aliphatic carbocycles. The zero-order chi connectivity index (χ0) is 15.8. The van der Waals surface area contributed by atoms with Gasteiger partial charge in [0.1, 0.15) is 17.5 Å². The summed E-state index contributed by atoms with van der Waals surface area (Å²) in [4.78, 5) is 9.10. The molecule has 0 saturated carbocycles. The Kier molecular flexibility index (Phi) is 4.19. The van der Waals surface area contributed by atoms with Gasteiger partial charge in [0.15, 0.2) is 0 Å². The molecular weight excluding hydrogens is 289 g/mol. The minimum absolute atomic E-state index is 0.225. The van der Waals surface area contributed by atoms with Crippen LogP contribution >= 0.6 is 11.6 Å². The summed E-state index contributed by atoms with van der Waals surface area (Å²) in [6, 6.07) is 4.62. The van der Waals surface area contributed by atoms with Crippen molar-refractivity contribution < 1.29 is 4.39 Å². The Labute approximate surface area is 129 Å². The molecule has 0 bridgehead atoms. The van der Waals surface area contributed by atoms with Crippen molar-refractivity contribution in [3.63, 3.8) is 0 Å². The van der Waals surface area contributed by atoms with Gasteiger partial charge in [-0.2, -0.15) is 0 Å². The second-order valence-corrected chi connectivity index (χ2v) is 6.43. The smallest absolute Gasteiger partial charge is 0.136 e. The fraction of sp³-hybridized carbons (Fsp3) is 0.375. The molecule has 0 aliphatic rings. The summed E-state index contributed by atoms with van der Waals surface area (Å²) in [5, 5.41) is 3.42. The van der Waals surface area contributed by atoms with Crippen LogP contribution in [0.2, 0.25) is 5.02 Å². The predicted molar refractivity (Wildman–Crippen MR) is 85.4 cm³/mol. The molecule has 1 aromatic carbocycles. The fourth-order valence-corrected chi connectivity index (χ4v) is 2.20. The highest BCUT2D eigenvalue weighted by Crippen LogP contribution is 2.31. The van der Waals surface area contributed by atoms with Crippen LogP contribution < -0.4 is 5.32 Å². The van der Waals surface area contributed by atoms with E-state index < -0.39 is 0 Å². The Hall–Kier alpha value is -1.68. The van der Waals surface area contributed by atoms with Crippen molar-refractivity contribution in [1.82, 2.24) is 9.97 Å². The third-order valence-corrected chi connectivity index (χ3v) is 3.47. The van der Waals surface area contributed by atoms with E-state index in [0.717, 1.165) is 5.56 Å². The van der Waals surface area contributed by atoms with Gasteiger partial charge in [-0.1, -0.05) is 32.4 Å². The van der Waals surface area contributed by atoms with E-state index in [9.17, 15) is 4.39 Å². The Morgan fingerprint density at radius 3 is 2.38 bits per heavy atom. The first-order chi connectivity index (χ1) is 9.74. The summed E-state index contributed by atoms with van der Waals surface area (Å²) in [6.45, 7) is 7.96. The van der Waals surface area contributed by atoms with Crippen LogP contribution in [0, 0.1) is 12.7 Å². The minimum Gasteiger partial charge on any atom is -0.373 e. The first kappa shape index (κ1) is 15.7. The van der Waals surface area contributed by atoms with Crippen molar-refractivity contribution in [3.05, 3.63) is 40.4 Å². The number of nitrogens with one attached hydrogen (secondary N) is 1. The van der Waals surface area contributed by atoms with Gasteiger partial charge in [0, 0.05) is 28.6 Å². The molecule has 2 rings (SSSR count). The Morgan fingerprint density at radius 1 is 1.19 bits per heavy atom. The lowest BCUT2D eigenvalue weighted by Crippen LogP contribution is -2.18. The third kappa shape index (κ3) is 3.16. The van der Waals surface area contributed by atoms with E-state index in [2.05, 4.69) is 15.3 Å². The summed E-state index contributed by atoms with van der Waals surface area (Å²) in [7, 11) is 1.80. The normalized spacial score (nSPS) is 11.6. The maximum absolute atomic E-state index is 14.2. The lowest BCUT2D eigenvalue weighted by molar-refractivity contribution is 0.545. The van der Waals surface area contributed by atoms with E-state index >= 15 is 0 Å². The van der Waals surface area contributed by atoms with Crippen molar-refractivity contribution in [3.8, 4) is 11.3 Å². The molecule has 1 N–H and O–H groups in total. The van der Waals surface area contributed by atoms with Crippen LogP contribution in [-0.2, 0) is 5.41 Å². The van der Waals surface area contributed by atoms with Crippen molar-refractivity contribution in [2.45, 2.75) is 33.1 Å². The van der Waals surface area contributed by atoms with Gasteiger partial charge in [0.25, 0.3) is 0 Å². The van der Waals surface area contributed by atoms with Crippen LogP contribution in [0.15, 0.2) is 18.2 Å². The quantitative estimate of drug-likeness (QED) is 0.882. The number of hydrogen-bond donors (Lipinski definition) is 1. The summed E-state index contributed by atoms with van der Waals surface area (Å²) in [5.41, 5.74) is 1.61. The monoisotopic (exact) mass is 307 g/mol. The molecule has 3 nitrogen and oxygen atoms in total. The Balaban J connectivity index is 2.72. The number of aromatic nitrogens is 2. The summed E-state index contributed by atoms with van der Waals surface area (Å²) >= 11 is 5.82. The zero-order valence-electron chi connectivity index (χ0n) is 12.9. The molecule has 0 atom stereocenters. The number of benzene rings is 1. The van der Waals surface area contributed by atoms with E-state index in [1.807, 2.05) is 27.7 Å². The number of nitrogens with zero attached hydrogens (tertiary/aromatic N) is 2. The van der Waals surface area contributed by atoms with Crippen molar-refractivity contribution in [2.75, 3.05) is 12.4 Å². The predicted octanol–water partition coefficient (Wildman–Crippen LogP) is 4.58. The molecule has 0 saturated heterocycles. The van der Waals surface area contributed by atoms with Crippen molar-refractivity contribution in [1.29, 1.82) is 0 Å². The standard InChI is InChI=1S/C16H19ClFN3/c1-9-13(11-7-6-10(17)8-12(11)18)20-15(16(2,3)4)21-14(9)19-5/h6-8H,1-5H3,(H,19,20,21). The van der Waals surface area contributed by atoms with Gasteiger partial charge in [-0.25, -0.2) is 14.4 Å². The highest BCUT2D eigenvalue weighted by atomic mass is 35.5. The van der Waals surface area contributed by atoms with Crippen molar-refractivity contribution in [2.24, 2.45) is 0 Å². The number of anilines is 1. The van der Waals surface area contributed by atoms with Gasteiger partial charge in [0.05, 0.1) is 5.69 Å². The maximum atomic E-state index is 14.2. The number of hydrogen-bond acceptors (Lipinski definition) is 3. The van der Waals surface area contributed by atoms with Crippen LogP contribution in [0.3, 0.4) is 0 Å². The van der Waals surface area contributed by atoms with Gasteiger partial charge in [0.2, 0.25) is 0 Å². The molecule has 1 aromatic heterocycles. The second-order valence-electron chi connectivity index (χ2n) is 5.99. The highest BCUT2D eigenvalue weighted by Gasteiger charge is 2.22. The molecule has 2 aromatic rings.